The minimum absolute atomic E-state index is 0.00639. The second-order valence-corrected chi connectivity index (χ2v) is 10.3. The topological polar surface area (TPSA) is 155 Å². The number of fused-ring (bicyclic) bond motifs is 4. The van der Waals surface area contributed by atoms with Crippen molar-refractivity contribution in [2.24, 2.45) is 0 Å². The number of methoxy groups -OCH3 is 1. The first-order chi connectivity index (χ1) is 19.7. The van der Waals surface area contributed by atoms with E-state index in [0.717, 1.165) is 6.07 Å². The molecule has 3 aliphatic heterocycles. The van der Waals surface area contributed by atoms with Gasteiger partial charge in [0.2, 0.25) is 11.4 Å². The number of carbonyl (C=O) groups is 1. The van der Waals surface area contributed by atoms with E-state index in [-0.39, 0.29) is 52.0 Å². The fraction of sp³-hybridized carbons (Fsp3) is 0.194. The zero-order valence-corrected chi connectivity index (χ0v) is 21.6. The third kappa shape index (κ3) is 3.50. The van der Waals surface area contributed by atoms with Crippen molar-refractivity contribution in [3.05, 3.63) is 94.5 Å². The Kier molecular flexibility index (Phi) is 5.29. The first kappa shape index (κ1) is 24.9. The number of ketones is 1. The Labute approximate surface area is 233 Å². The smallest absolute Gasteiger partial charge is 0.241 e. The quantitative estimate of drug-likeness (QED) is 0.248. The van der Waals surface area contributed by atoms with Gasteiger partial charge in [-0.1, -0.05) is 24.3 Å². The highest BCUT2D eigenvalue weighted by atomic mass is 16.6. The van der Waals surface area contributed by atoms with Crippen LogP contribution in [0.3, 0.4) is 0 Å². The van der Waals surface area contributed by atoms with E-state index in [2.05, 4.69) is 0 Å². The molecule has 10 heteroatoms. The molecule has 0 saturated carbocycles. The van der Waals surface area contributed by atoms with E-state index < -0.39 is 35.4 Å². The standard InChI is InChI=1S/C31H24O10/c1-38-18-8-4-14(5-9-18)27-22(35)12-19-23(39-27)13-20-28(26(19)36)40-30(15-2-6-16(32)7-3-15)31(20)29(37)25-21(34)10-17(33)11-24(25)41-31/h2-11,13,22,27,30,32-36H,12H2,1H3. The summed E-state index contributed by atoms with van der Waals surface area (Å²) in [6.45, 7) is 0. The number of hydrogen-bond acceptors (Lipinski definition) is 10. The van der Waals surface area contributed by atoms with Crippen molar-refractivity contribution in [3.8, 4) is 46.0 Å². The van der Waals surface area contributed by atoms with E-state index in [1.165, 1.54) is 18.2 Å². The molecule has 41 heavy (non-hydrogen) atoms. The summed E-state index contributed by atoms with van der Waals surface area (Å²) in [6.07, 6.45) is -2.90. The highest BCUT2D eigenvalue weighted by molar-refractivity contribution is 6.11. The lowest BCUT2D eigenvalue weighted by atomic mass is 9.80. The molecular formula is C31H24O10. The van der Waals surface area contributed by atoms with Crippen LogP contribution in [0.1, 0.15) is 44.8 Å². The maximum absolute atomic E-state index is 14.2. The number of carbonyl (C=O) groups excluding carboxylic acids is 1. The Bertz CT molecular complexity index is 1710. The number of aromatic hydroxyl groups is 4. The van der Waals surface area contributed by atoms with Crippen LogP contribution in [-0.4, -0.2) is 44.5 Å². The summed E-state index contributed by atoms with van der Waals surface area (Å²) in [4.78, 5) is 14.2. The Morgan fingerprint density at radius 2 is 1.56 bits per heavy atom. The van der Waals surface area contributed by atoms with Gasteiger partial charge >= 0.3 is 0 Å². The first-order valence-electron chi connectivity index (χ1n) is 12.8. The molecule has 0 amide bonds. The molecule has 3 aliphatic rings. The van der Waals surface area contributed by atoms with Crippen molar-refractivity contribution in [3.63, 3.8) is 0 Å². The summed E-state index contributed by atoms with van der Waals surface area (Å²) in [5.74, 6) is -0.981. The monoisotopic (exact) mass is 556 g/mol. The molecule has 4 atom stereocenters. The van der Waals surface area contributed by atoms with Gasteiger partial charge in [-0.25, -0.2) is 0 Å². The lowest BCUT2D eigenvalue weighted by Crippen LogP contribution is -2.41. The van der Waals surface area contributed by atoms with Crippen LogP contribution >= 0.6 is 0 Å². The van der Waals surface area contributed by atoms with E-state index in [9.17, 15) is 30.3 Å². The Morgan fingerprint density at radius 1 is 0.854 bits per heavy atom. The molecule has 0 aromatic heterocycles. The van der Waals surface area contributed by atoms with Gasteiger partial charge in [0.05, 0.1) is 18.8 Å². The van der Waals surface area contributed by atoms with Crippen LogP contribution in [0.15, 0.2) is 66.7 Å². The molecule has 5 N–H and O–H groups in total. The number of ether oxygens (including phenoxy) is 4. The molecule has 4 unspecified atom stereocenters. The van der Waals surface area contributed by atoms with Crippen molar-refractivity contribution in [1.82, 2.24) is 0 Å². The van der Waals surface area contributed by atoms with Gasteiger partial charge in [-0.15, -0.1) is 0 Å². The lowest BCUT2D eigenvalue weighted by molar-refractivity contribution is 0.00632. The maximum atomic E-state index is 14.2. The van der Waals surface area contributed by atoms with Gasteiger partial charge in [0.25, 0.3) is 0 Å². The number of phenols is 4. The second kappa shape index (κ2) is 8.70. The highest BCUT2D eigenvalue weighted by Crippen LogP contribution is 2.62. The molecular weight excluding hydrogens is 532 g/mol. The van der Waals surface area contributed by atoms with Crippen LogP contribution in [0.25, 0.3) is 0 Å². The normalized spacial score (nSPS) is 23.7. The third-order valence-electron chi connectivity index (χ3n) is 7.88. The maximum Gasteiger partial charge on any atom is 0.241 e. The van der Waals surface area contributed by atoms with Gasteiger partial charge in [0, 0.05) is 24.1 Å². The van der Waals surface area contributed by atoms with Crippen molar-refractivity contribution < 1.29 is 49.3 Å². The number of Topliss-reactive ketones (excluding diaryl/α,β-unsaturated/α-hetero) is 1. The second-order valence-electron chi connectivity index (χ2n) is 10.3. The Morgan fingerprint density at radius 3 is 2.27 bits per heavy atom. The molecule has 0 bridgehead atoms. The fourth-order valence-electron chi connectivity index (χ4n) is 5.92. The zero-order chi connectivity index (χ0) is 28.6. The fourth-order valence-corrected chi connectivity index (χ4v) is 5.92. The average molecular weight is 557 g/mol. The molecule has 4 aromatic rings. The minimum atomic E-state index is -1.92. The van der Waals surface area contributed by atoms with Gasteiger partial charge in [-0.3, -0.25) is 4.79 Å². The van der Waals surface area contributed by atoms with E-state index in [4.69, 9.17) is 18.9 Å². The predicted octanol–water partition coefficient (Wildman–Crippen LogP) is 4.16. The van der Waals surface area contributed by atoms with Gasteiger partial charge in [0.15, 0.2) is 17.6 Å². The summed E-state index contributed by atoms with van der Waals surface area (Å²) in [5.41, 5.74) is -0.492. The SMILES string of the molecule is COc1ccc(C2Oc3cc4c(c(O)c3CC2O)OC(c2ccc(O)cc2)C42Oc3cc(O)cc(O)c3C2=O)cc1. The highest BCUT2D eigenvalue weighted by Gasteiger charge is 2.64. The third-order valence-corrected chi connectivity index (χ3v) is 7.88. The van der Waals surface area contributed by atoms with Gasteiger partial charge in [-0.05, 0) is 41.5 Å². The van der Waals surface area contributed by atoms with Crippen LogP contribution in [0.4, 0.5) is 0 Å². The molecule has 0 radical (unpaired) electrons. The van der Waals surface area contributed by atoms with Crippen molar-refractivity contribution in [2.75, 3.05) is 7.11 Å². The molecule has 10 nitrogen and oxygen atoms in total. The molecule has 208 valence electrons. The minimum Gasteiger partial charge on any atom is -0.508 e. The summed E-state index contributed by atoms with van der Waals surface area (Å²) in [7, 11) is 1.55. The van der Waals surface area contributed by atoms with Crippen LogP contribution in [-0.2, 0) is 12.0 Å². The zero-order valence-electron chi connectivity index (χ0n) is 21.6. The van der Waals surface area contributed by atoms with Crippen molar-refractivity contribution in [2.45, 2.75) is 30.3 Å². The molecule has 0 aliphatic carbocycles. The van der Waals surface area contributed by atoms with Crippen LogP contribution in [0, 0.1) is 0 Å². The number of phenolic OH excluding ortho intramolecular Hbond substituents is 4. The van der Waals surface area contributed by atoms with E-state index >= 15 is 0 Å². The Balaban J connectivity index is 1.39. The molecule has 0 saturated heterocycles. The van der Waals surface area contributed by atoms with Crippen molar-refractivity contribution >= 4 is 5.78 Å². The summed E-state index contributed by atoms with van der Waals surface area (Å²) in [6, 6.07) is 16.8. The van der Waals surface area contributed by atoms with E-state index in [0.29, 0.717) is 22.4 Å². The number of rotatable bonds is 3. The van der Waals surface area contributed by atoms with E-state index in [1.54, 1.807) is 49.6 Å². The number of hydrogen-bond donors (Lipinski definition) is 5. The molecule has 3 heterocycles. The summed E-state index contributed by atoms with van der Waals surface area (Å²) >= 11 is 0. The van der Waals surface area contributed by atoms with Crippen molar-refractivity contribution in [1.29, 1.82) is 0 Å². The first-order valence-corrected chi connectivity index (χ1v) is 12.8. The molecule has 1 spiro atoms. The van der Waals surface area contributed by atoms with Crippen LogP contribution in [0.5, 0.6) is 46.0 Å². The Hall–Kier alpha value is -5.09. The van der Waals surface area contributed by atoms with Crippen LogP contribution in [0.2, 0.25) is 0 Å². The van der Waals surface area contributed by atoms with Gasteiger partial charge in [0.1, 0.15) is 46.2 Å². The number of aliphatic hydroxyl groups excluding tert-OH is 1. The van der Waals surface area contributed by atoms with Crippen LogP contribution < -0.4 is 18.9 Å². The van der Waals surface area contributed by atoms with Gasteiger partial charge in [-0.2, -0.15) is 0 Å². The lowest BCUT2D eigenvalue weighted by Gasteiger charge is -2.32. The van der Waals surface area contributed by atoms with Gasteiger partial charge < -0.3 is 44.5 Å². The average Bonchev–Trinajstić information content (AvgIpc) is 3.44. The molecule has 7 rings (SSSR count). The van der Waals surface area contributed by atoms with E-state index in [1.807, 2.05) is 0 Å². The predicted molar refractivity (Wildman–Crippen MR) is 142 cm³/mol. The number of aliphatic hydroxyl groups is 1. The molecule has 0 fully saturated rings. The largest absolute Gasteiger partial charge is 0.508 e. The summed E-state index contributed by atoms with van der Waals surface area (Å²) < 4.78 is 24.0. The number of benzene rings is 4. The molecule has 4 aromatic carbocycles. The summed E-state index contributed by atoms with van der Waals surface area (Å²) in [5, 5.41) is 53.0.